The first-order chi connectivity index (χ1) is 7.70. The number of carbonyl (C=O) groups is 1. The van der Waals surface area contributed by atoms with Gasteiger partial charge in [-0.1, -0.05) is 44.2 Å². The van der Waals surface area contributed by atoms with Crippen LogP contribution in [0.5, 0.6) is 0 Å². The van der Waals surface area contributed by atoms with Crippen molar-refractivity contribution in [1.82, 2.24) is 0 Å². The van der Waals surface area contributed by atoms with E-state index in [4.69, 9.17) is 4.74 Å². The molecule has 0 amide bonds. The van der Waals surface area contributed by atoms with Gasteiger partial charge in [-0.3, -0.25) is 4.79 Å². The van der Waals surface area contributed by atoms with Gasteiger partial charge in [0.1, 0.15) is 6.10 Å². The molecular formula is C14H18O2. The first-order valence-corrected chi connectivity index (χ1v) is 5.90. The second kappa shape index (κ2) is 4.79. The number of rotatable bonds is 3. The minimum atomic E-state index is -0.234. The van der Waals surface area contributed by atoms with E-state index in [1.165, 1.54) is 5.56 Å². The molecule has 0 saturated carbocycles. The molecule has 2 unspecified atom stereocenters. The normalized spacial score (nSPS) is 24.9. The van der Waals surface area contributed by atoms with Crippen molar-refractivity contribution in [2.45, 2.75) is 32.3 Å². The zero-order valence-electron chi connectivity index (χ0n) is 9.85. The van der Waals surface area contributed by atoms with Gasteiger partial charge in [-0.05, 0) is 12.0 Å². The van der Waals surface area contributed by atoms with Crippen molar-refractivity contribution in [3.8, 4) is 0 Å². The molecule has 0 radical (unpaired) electrons. The highest BCUT2D eigenvalue weighted by Crippen LogP contribution is 2.32. The number of hydrogen-bond acceptors (Lipinski definition) is 2. The lowest BCUT2D eigenvalue weighted by atomic mass is 9.87. The summed E-state index contributed by atoms with van der Waals surface area (Å²) in [7, 11) is 0. The third kappa shape index (κ3) is 2.17. The van der Waals surface area contributed by atoms with Gasteiger partial charge < -0.3 is 4.74 Å². The topological polar surface area (TPSA) is 26.3 Å². The first-order valence-electron chi connectivity index (χ1n) is 5.90. The summed E-state index contributed by atoms with van der Waals surface area (Å²) in [4.78, 5) is 12.0. The van der Waals surface area contributed by atoms with E-state index in [9.17, 15) is 4.79 Å². The van der Waals surface area contributed by atoms with Gasteiger partial charge in [0.05, 0.1) is 0 Å². The summed E-state index contributed by atoms with van der Waals surface area (Å²) in [6, 6.07) is 10.2. The van der Waals surface area contributed by atoms with Gasteiger partial charge in [-0.15, -0.1) is 0 Å². The minimum absolute atomic E-state index is 0.0503. The largest absolute Gasteiger partial charge is 0.370 e. The second-order valence-corrected chi connectivity index (χ2v) is 4.65. The lowest BCUT2D eigenvalue weighted by Crippen LogP contribution is -2.29. The highest BCUT2D eigenvalue weighted by molar-refractivity contribution is 5.86. The zero-order chi connectivity index (χ0) is 11.5. The fraction of sp³-hybridized carbons (Fsp3) is 0.500. The molecule has 1 aromatic rings. The Morgan fingerprint density at radius 1 is 1.31 bits per heavy atom. The van der Waals surface area contributed by atoms with E-state index in [0.717, 1.165) is 6.42 Å². The Balaban J connectivity index is 2.19. The summed E-state index contributed by atoms with van der Waals surface area (Å²) >= 11 is 0. The Morgan fingerprint density at radius 2 is 2.00 bits per heavy atom. The molecule has 86 valence electrons. The fourth-order valence-electron chi connectivity index (χ4n) is 2.24. The molecule has 2 rings (SSSR count). The molecule has 1 aliphatic heterocycles. The molecule has 2 atom stereocenters. The number of carbonyl (C=O) groups excluding carboxylic acids is 1. The average molecular weight is 218 g/mol. The number of hydrogen-bond donors (Lipinski definition) is 0. The average Bonchev–Trinajstić information content (AvgIpc) is 2.77. The lowest BCUT2D eigenvalue weighted by Gasteiger charge is -2.19. The van der Waals surface area contributed by atoms with Crippen molar-refractivity contribution >= 4 is 5.78 Å². The Kier molecular flexibility index (Phi) is 3.39. The van der Waals surface area contributed by atoms with Gasteiger partial charge >= 0.3 is 0 Å². The van der Waals surface area contributed by atoms with Crippen LogP contribution in [0.4, 0.5) is 0 Å². The quantitative estimate of drug-likeness (QED) is 0.779. The smallest absolute Gasteiger partial charge is 0.164 e. The molecule has 0 aliphatic carbocycles. The van der Waals surface area contributed by atoms with Gasteiger partial charge in [-0.25, -0.2) is 0 Å². The van der Waals surface area contributed by atoms with E-state index in [0.29, 0.717) is 6.61 Å². The Hall–Kier alpha value is -1.15. The lowest BCUT2D eigenvalue weighted by molar-refractivity contribution is -0.131. The van der Waals surface area contributed by atoms with E-state index in [-0.39, 0.29) is 23.7 Å². The maximum absolute atomic E-state index is 12.0. The highest BCUT2D eigenvalue weighted by Gasteiger charge is 2.35. The number of Topliss-reactive ketones (excluding diaryl/α,β-unsaturated/α-hetero) is 1. The summed E-state index contributed by atoms with van der Waals surface area (Å²) in [5.74, 6) is 0.525. The van der Waals surface area contributed by atoms with E-state index in [1.807, 2.05) is 32.0 Å². The van der Waals surface area contributed by atoms with Crippen LogP contribution in [0.3, 0.4) is 0 Å². The van der Waals surface area contributed by atoms with Gasteiger partial charge in [0.2, 0.25) is 0 Å². The van der Waals surface area contributed by atoms with Crippen molar-refractivity contribution in [3.05, 3.63) is 35.9 Å². The third-order valence-electron chi connectivity index (χ3n) is 3.17. The van der Waals surface area contributed by atoms with Crippen LogP contribution >= 0.6 is 0 Å². The molecule has 0 bridgehead atoms. The summed E-state index contributed by atoms with van der Waals surface area (Å²) < 4.78 is 5.59. The van der Waals surface area contributed by atoms with E-state index in [2.05, 4.69) is 12.1 Å². The van der Waals surface area contributed by atoms with Crippen LogP contribution in [0.1, 0.15) is 31.7 Å². The molecule has 2 heteroatoms. The summed E-state index contributed by atoms with van der Waals surface area (Å²) in [5, 5.41) is 0. The predicted octanol–water partition coefficient (Wildman–Crippen LogP) is 2.78. The van der Waals surface area contributed by atoms with Crippen molar-refractivity contribution < 1.29 is 9.53 Å². The summed E-state index contributed by atoms with van der Waals surface area (Å²) in [6.45, 7) is 4.57. The SMILES string of the molecule is CC(C)C(=O)C1OCCC1c1ccccc1. The Morgan fingerprint density at radius 3 is 2.62 bits per heavy atom. The maximum atomic E-state index is 12.0. The van der Waals surface area contributed by atoms with Gasteiger partial charge in [0.15, 0.2) is 5.78 Å². The summed E-state index contributed by atoms with van der Waals surface area (Å²) in [5.41, 5.74) is 1.22. The predicted molar refractivity (Wildman–Crippen MR) is 63.4 cm³/mol. The first kappa shape index (κ1) is 11.3. The van der Waals surface area contributed by atoms with Crippen molar-refractivity contribution in [2.24, 2.45) is 5.92 Å². The molecule has 0 spiro atoms. The van der Waals surface area contributed by atoms with Crippen molar-refractivity contribution in [3.63, 3.8) is 0 Å². The number of ketones is 1. The second-order valence-electron chi connectivity index (χ2n) is 4.65. The van der Waals surface area contributed by atoms with Crippen molar-refractivity contribution in [2.75, 3.05) is 6.61 Å². The van der Waals surface area contributed by atoms with Crippen LogP contribution in [-0.2, 0) is 9.53 Å². The molecule has 16 heavy (non-hydrogen) atoms. The molecule has 1 aromatic carbocycles. The number of ether oxygens (including phenoxy) is 1. The molecule has 1 fully saturated rings. The van der Waals surface area contributed by atoms with Crippen LogP contribution in [0.2, 0.25) is 0 Å². The molecule has 0 N–H and O–H groups in total. The van der Waals surface area contributed by atoms with Gasteiger partial charge in [-0.2, -0.15) is 0 Å². The molecule has 0 aromatic heterocycles. The molecule has 1 aliphatic rings. The van der Waals surface area contributed by atoms with Crippen LogP contribution in [-0.4, -0.2) is 18.5 Å². The van der Waals surface area contributed by atoms with Gasteiger partial charge in [0, 0.05) is 18.4 Å². The highest BCUT2D eigenvalue weighted by atomic mass is 16.5. The van der Waals surface area contributed by atoms with E-state index >= 15 is 0 Å². The van der Waals surface area contributed by atoms with Crippen molar-refractivity contribution in [1.29, 1.82) is 0 Å². The van der Waals surface area contributed by atoms with Crippen LogP contribution in [0.25, 0.3) is 0 Å². The fourth-order valence-corrected chi connectivity index (χ4v) is 2.24. The summed E-state index contributed by atoms with van der Waals surface area (Å²) in [6.07, 6.45) is 0.718. The standard InChI is InChI=1S/C14H18O2/c1-10(2)13(15)14-12(8-9-16-14)11-6-4-3-5-7-11/h3-7,10,12,14H,8-9H2,1-2H3. The molecule has 1 heterocycles. The minimum Gasteiger partial charge on any atom is -0.370 e. The zero-order valence-corrected chi connectivity index (χ0v) is 9.85. The Bertz CT molecular complexity index is 356. The monoisotopic (exact) mass is 218 g/mol. The molecule has 2 nitrogen and oxygen atoms in total. The molecular weight excluding hydrogens is 200 g/mol. The van der Waals surface area contributed by atoms with Gasteiger partial charge in [0.25, 0.3) is 0 Å². The van der Waals surface area contributed by atoms with Crippen LogP contribution in [0, 0.1) is 5.92 Å². The van der Waals surface area contributed by atoms with E-state index < -0.39 is 0 Å². The van der Waals surface area contributed by atoms with Crippen LogP contribution in [0.15, 0.2) is 30.3 Å². The third-order valence-corrected chi connectivity index (χ3v) is 3.17. The maximum Gasteiger partial charge on any atom is 0.164 e. The molecule has 1 saturated heterocycles. The number of benzene rings is 1. The van der Waals surface area contributed by atoms with E-state index in [1.54, 1.807) is 0 Å². The van der Waals surface area contributed by atoms with Crippen LogP contribution < -0.4 is 0 Å². The Labute approximate surface area is 96.6 Å².